The lowest BCUT2D eigenvalue weighted by Gasteiger charge is -2.07. The Balaban J connectivity index is 2.70. The predicted molar refractivity (Wildman–Crippen MR) is 61.3 cm³/mol. The lowest BCUT2D eigenvalue weighted by Crippen LogP contribution is -2.02. The van der Waals surface area contributed by atoms with Gasteiger partial charge in [0.15, 0.2) is 0 Å². The molecule has 1 aromatic carbocycles. The molecule has 4 heteroatoms. The molecule has 0 saturated carbocycles. The van der Waals surface area contributed by atoms with Gasteiger partial charge in [-0.25, -0.2) is 9.18 Å². The SMILES string of the molecule is Cc1cc(-c2ccccc2F)c(C(=O)O)cn1. The highest BCUT2D eigenvalue weighted by atomic mass is 19.1. The molecule has 2 aromatic rings. The van der Waals surface area contributed by atoms with E-state index in [0.717, 1.165) is 0 Å². The molecule has 0 aliphatic heterocycles. The number of benzene rings is 1. The molecule has 0 unspecified atom stereocenters. The zero-order chi connectivity index (χ0) is 12.4. The molecule has 1 heterocycles. The number of carbonyl (C=O) groups is 1. The molecule has 0 amide bonds. The van der Waals surface area contributed by atoms with E-state index in [1.54, 1.807) is 31.2 Å². The maximum atomic E-state index is 13.6. The van der Waals surface area contributed by atoms with Gasteiger partial charge in [0.05, 0.1) is 5.56 Å². The molecule has 0 spiro atoms. The summed E-state index contributed by atoms with van der Waals surface area (Å²) in [5.74, 6) is -1.56. The first-order chi connectivity index (χ1) is 8.09. The first kappa shape index (κ1) is 11.3. The van der Waals surface area contributed by atoms with Gasteiger partial charge in [-0.2, -0.15) is 0 Å². The van der Waals surface area contributed by atoms with Crippen molar-refractivity contribution in [2.75, 3.05) is 0 Å². The highest BCUT2D eigenvalue weighted by Gasteiger charge is 2.15. The zero-order valence-electron chi connectivity index (χ0n) is 9.14. The monoisotopic (exact) mass is 231 g/mol. The van der Waals surface area contributed by atoms with E-state index in [-0.39, 0.29) is 11.1 Å². The molecule has 1 aromatic heterocycles. The smallest absolute Gasteiger partial charge is 0.337 e. The summed E-state index contributed by atoms with van der Waals surface area (Å²) in [5, 5.41) is 9.05. The summed E-state index contributed by atoms with van der Waals surface area (Å²) < 4.78 is 13.6. The molecule has 3 nitrogen and oxygen atoms in total. The van der Waals surface area contributed by atoms with Crippen LogP contribution >= 0.6 is 0 Å². The van der Waals surface area contributed by atoms with E-state index < -0.39 is 11.8 Å². The lowest BCUT2D eigenvalue weighted by atomic mass is 10.0. The van der Waals surface area contributed by atoms with E-state index in [9.17, 15) is 9.18 Å². The van der Waals surface area contributed by atoms with Crippen LogP contribution in [0.15, 0.2) is 36.5 Å². The number of aromatic nitrogens is 1. The van der Waals surface area contributed by atoms with Crippen molar-refractivity contribution in [2.24, 2.45) is 0 Å². The van der Waals surface area contributed by atoms with Gasteiger partial charge in [0.1, 0.15) is 5.82 Å². The standard InChI is InChI=1S/C13H10FNO2/c1-8-6-10(11(7-15-8)13(16)17)9-4-2-3-5-12(9)14/h2-7H,1H3,(H,16,17). The quantitative estimate of drug-likeness (QED) is 0.864. The predicted octanol–water partition coefficient (Wildman–Crippen LogP) is 2.89. The minimum Gasteiger partial charge on any atom is -0.478 e. The van der Waals surface area contributed by atoms with Gasteiger partial charge < -0.3 is 5.11 Å². The third kappa shape index (κ3) is 2.15. The Bertz CT molecular complexity index is 581. The van der Waals surface area contributed by atoms with Gasteiger partial charge in [-0.3, -0.25) is 4.98 Å². The fourth-order valence-electron chi connectivity index (χ4n) is 1.63. The second-order valence-electron chi connectivity index (χ2n) is 3.66. The molecule has 0 aliphatic rings. The Morgan fingerprint density at radius 2 is 2.00 bits per heavy atom. The Labute approximate surface area is 97.6 Å². The Hall–Kier alpha value is -2.23. The van der Waals surface area contributed by atoms with Gasteiger partial charge in [-0.1, -0.05) is 18.2 Å². The Morgan fingerprint density at radius 1 is 1.29 bits per heavy atom. The number of aromatic carboxylic acids is 1. The van der Waals surface area contributed by atoms with Crippen molar-refractivity contribution in [2.45, 2.75) is 6.92 Å². The van der Waals surface area contributed by atoms with E-state index in [4.69, 9.17) is 5.11 Å². The number of halogens is 1. The summed E-state index contributed by atoms with van der Waals surface area (Å²) in [4.78, 5) is 15.0. The maximum Gasteiger partial charge on any atom is 0.337 e. The molecule has 0 aliphatic carbocycles. The number of nitrogens with zero attached hydrogens (tertiary/aromatic N) is 1. The third-order valence-electron chi connectivity index (χ3n) is 2.44. The summed E-state index contributed by atoms with van der Waals surface area (Å²) in [5.41, 5.74) is 1.27. The molecule has 0 bridgehead atoms. The molecule has 1 N–H and O–H groups in total. The van der Waals surface area contributed by atoms with E-state index in [1.807, 2.05) is 0 Å². The fraction of sp³-hybridized carbons (Fsp3) is 0.0769. The van der Waals surface area contributed by atoms with Gasteiger partial charge in [0, 0.05) is 23.0 Å². The summed E-state index contributed by atoms with van der Waals surface area (Å²) >= 11 is 0. The highest BCUT2D eigenvalue weighted by Crippen LogP contribution is 2.26. The van der Waals surface area contributed by atoms with Crippen molar-refractivity contribution in [3.63, 3.8) is 0 Å². The van der Waals surface area contributed by atoms with Crippen LogP contribution < -0.4 is 0 Å². The van der Waals surface area contributed by atoms with E-state index in [1.165, 1.54) is 12.3 Å². The van der Waals surface area contributed by atoms with Crippen LogP contribution in [0.2, 0.25) is 0 Å². The van der Waals surface area contributed by atoms with Crippen LogP contribution in [0.3, 0.4) is 0 Å². The second kappa shape index (κ2) is 4.33. The first-order valence-corrected chi connectivity index (χ1v) is 5.04. The average Bonchev–Trinajstić information content (AvgIpc) is 2.29. The minimum atomic E-state index is -1.12. The van der Waals surface area contributed by atoms with Crippen LogP contribution in [0.25, 0.3) is 11.1 Å². The maximum absolute atomic E-state index is 13.6. The van der Waals surface area contributed by atoms with Crippen molar-refractivity contribution in [3.05, 3.63) is 53.6 Å². The Morgan fingerprint density at radius 3 is 2.65 bits per heavy atom. The van der Waals surface area contributed by atoms with Crippen molar-refractivity contribution in [1.29, 1.82) is 0 Å². The molecular formula is C13H10FNO2. The van der Waals surface area contributed by atoms with Gasteiger partial charge in [0.25, 0.3) is 0 Å². The van der Waals surface area contributed by atoms with E-state index in [2.05, 4.69) is 4.98 Å². The molecule has 86 valence electrons. The summed E-state index contributed by atoms with van der Waals surface area (Å²) in [6.07, 6.45) is 1.25. The Kier molecular flexibility index (Phi) is 2.87. The lowest BCUT2D eigenvalue weighted by molar-refractivity contribution is 0.0697. The van der Waals surface area contributed by atoms with Gasteiger partial charge in [-0.05, 0) is 19.1 Å². The van der Waals surface area contributed by atoms with Gasteiger partial charge in [0.2, 0.25) is 0 Å². The van der Waals surface area contributed by atoms with E-state index >= 15 is 0 Å². The second-order valence-corrected chi connectivity index (χ2v) is 3.66. The molecule has 2 rings (SSSR count). The first-order valence-electron chi connectivity index (χ1n) is 5.04. The third-order valence-corrected chi connectivity index (χ3v) is 2.44. The van der Waals surface area contributed by atoms with Crippen LogP contribution in [0.1, 0.15) is 16.1 Å². The molecule has 0 radical (unpaired) electrons. The van der Waals surface area contributed by atoms with Crippen molar-refractivity contribution < 1.29 is 14.3 Å². The largest absolute Gasteiger partial charge is 0.478 e. The van der Waals surface area contributed by atoms with Crippen molar-refractivity contribution >= 4 is 5.97 Å². The van der Waals surface area contributed by atoms with Crippen molar-refractivity contribution in [3.8, 4) is 11.1 Å². The molecule has 0 saturated heterocycles. The van der Waals surface area contributed by atoms with Crippen LogP contribution in [0, 0.1) is 12.7 Å². The average molecular weight is 231 g/mol. The van der Waals surface area contributed by atoms with Gasteiger partial charge in [-0.15, -0.1) is 0 Å². The van der Waals surface area contributed by atoms with Crippen LogP contribution in [-0.2, 0) is 0 Å². The normalized spacial score (nSPS) is 10.2. The molecule has 0 atom stereocenters. The topological polar surface area (TPSA) is 50.2 Å². The van der Waals surface area contributed by atoms with Gasteiger partial charge >= 0.3 is 5.97 Å². The number of carboxylic acids is 1. The van der Waals surface area contributed by atoms with Crippen LogP contribution in [0.4, 0.5) is 4.39 Å². The molecule has 0 fully saturated rings. The summed E-state index contributed by atoms with van der Waals surface area (Å²) in [6, 6.07) is 7.66. The molecule has 17 heavy (non-hydrogen) atoms. The number of hydrogen-bond acceptors (Lipinski definition) is 2. The summed E-state index contributed by atoms with van der Waals surface area (Å²) in [7, 11) is 0. The van der Waals surface area contributed by atoms with Crippen molar-refractivity contribution in [1.82, 2.24) is 4.98 Å². The van der Waals surface area contributed by atoms with Crippen LogP contribution in [-0.4, -0.2) is 16.1 Å². The fourth-order valence-corrected chi connectivity index (χ4v) is 1.63. The number of aryl methyl sites for hydroxylation is 1. The number of hydrogen-bond donors (Lipinski definition) is 1. The zero-order valence-corrected chi connectivity index (χ0v) is 9.14. The number of rotatable bonds is 2. The molecular weight excluding hydrogens is 221 g/mol. The number of pyridine rings is 1. The van der Waals surface area contributed by atoms with E-state index in [0.29, 0.717) is 11.3 Å². The minimum absolute atomic E-state index is 0.000648. The highest BCUT2D eigenvalue weighted by molar-refractivity contribution is 5.95. The number of carboxylic acid groups (broad SMARTS) is 1. The van der Waals surface area contributed by atoms with Crippen LogP contribution in [0.5, 0.6) is 0 Å². The summed E-state index contributed by atoms with van der Waals surface area (Å²) in [6.45, 7) is 1.73.